The number of sulfonamides is 1. The van der Waals surface area contributed by atoms with Crippen molar-refractivity contribution >= 4 is 15.9 Å². The zero-order chi connectivity index (χ0) is 19.2. The molecule has 8 heteroatoms. The first-order valence-electron chi connectivity index (χ1n) is 9.04. The standard InChI is InChI=1S/C18H29N3O4S/c1-14(2)20-26(23,24)17-13-15(7-8-16(17)25-3)18(22)19-9-12-21-10-5-4-6-11-21/h7-8,13-14,20H,4-6,9-12H2,1-3H3,(H,19,22). The molecule has 1 aromatic carbocycles. The lowest BCUT2D eigenvalue weighted by Crippen LogP contribution is -2.37. The third kappa shape index (κ3) is 5.69. The number of ether oxygens (including phenoxy) is 1. The van der Waals surface area contributed by atoms with Crippen LogP contribution in [-0.2, 0) is 10.0 Å². The highest BCUT2D eigenvalue weighted by atomic mass is 32.2. The molecule has 1 aromatic rings. The van der Waals surface area contributed by atoms with Gasteiger partial charge in [0, 0.05) is 24.7 Å². The Bertz CT molecular complexity index is 713. The van der Waals surface area contributed by atoms with E-state index in [-0.39, 0.29) is 22.6 Å². The van der Waals surface area contributed by atoms with Gasteiger partial charge in [-0.25, -0.2) is 13.1 Å². The highest BCUT2D eigenvalue weighted by Gasteiger charge is 2.22. The first-order chi connectivity index (χ1) is 12.3. The Labute approximate surface area is 156 Å². The maximum atomic E-state index is 12.5. The molecule has 26 heavy (non-hydrogen) atoms. The fraction of sp³-hybridized carbons (Fsp3) is 0.611. The summed E-state index contributed by atoms with van der Waals surface area (Å²) < 4.78 is 32.6. The summed E-state index contributed by atoms with van der Waals surface area (Å²) in [6.45, 7) is 6.96. The van der Waals surface area contributed by atoms with Gasteiger partial charge in [0.1, 0.15) is 10.6 Å². The van der Waals surface area contributed by atoms with E-state index < -0.39 is 10.0 Å². The van der Waals surface area contributed by atoms with Crippen LogP contribution in [0, 0.1) is 0 Å². The minimum atomic E-state index is -3.76. The van der Waals surface area contributed by atoms with E-state index in [0.29, 0.717) is 12.1 Å². The number of carbonyl (C=O) groups is 1. The van der Waals surface area contributed by atoms with Crippen LogP contribution < -0.4 is 14.8 Å². The molecule has 1 heterocycles. The Hall–Kier alpha value is -1.64. The van der Waals surface area contributed by atoms with Gasteiger partial charge in [-0.05, 0) is 58.0 Å². The van der Waals surface area contributed by atoms with Crippen molar-refractivity contribution in [3.63, 3.8) is 0 Å². The third-order valence-electron chi connectivity index (χ3n) is 4.27. The monoisotopic (exact) mass is 383 g/mol. The quantitative estimate of drug-likeness (QED) is 0.712. The summed E-state index contributed by atoms with van der Waals surface area (Å²) in [6.07, 6.45) is 3.68. The first kappa shape index (κ1) is 20.7. The van der Waals surface area contributed by atoms with Gasteiger partial charge in [-0.15, -0.1) is 0 Å². The molecule has 0 saturated carbocycles. The van der Waals surface area contributed by atoms with Crippen LogP contribution in [0.25, 0.3) is 0 Å². The number of nitrogens with zero attached hydrogens (tertiary/aromatic N) is 1. The van der Waals surface area contributed by atoms with Crippen molar-refractivity contribution in [2.24, 2.45) is 0 Å². The summed E-state index contributed by atoms with van der Waals surface area (Å²) in [5, 5.41) is 2.87. The fourth-order valence-electron chi connectivity index (χ4n) is 3.01. The lowest BCUT2D eigenvalue weighted by atomic mass is 10.1. The van der Waals surface area contributed by atoms with Crippen LogP contribution in [0.1, 0.15) is 43.5 Å². The summed E-state index contributed by atoms with van der Waals surface area (Å²) in [5.41, 5.74) is 0.300. The van der Waals surface area contributed by atoms with Gasteiger partial charge >= 0.3 is 0 Å². The predicted octanol–water partition coefficient (Wildman–Crippen LogP) is 1.60. The number of carbonyl (C=O) groups excluding carboxylic acids is 1. The van der Waals surface area contributed by atoms with Crippen LogP contribution in [0.2, 0.25) is 0 Å². The largest absolute Gasteiger partial charge is 0.495 e. The van der Waals surface area contributed by atoms with Crippen molar-refractivity contribution in [3.05, 3.63) is 23.8 Å². The van der Waals surface area contributed by atoms with Crippen LogP contribution >= 0.6 is 0 Å². The van der Waals surface area contributed by atoms with Gasteiger partial charge in [-0.1, -0.05) is 6.42 Å². The summed E-state index contributed by atoms with van der Waals surface area (Å²) in [5.74, 6) is -0.0753. The molecule has 0 atom stereocenters. The molecule has 1 fully saturated rings. The molecular formula is C18H29N3O4S. The van der Waals surface area contributed by atoms with Crippen molar-refractivity contribution in [2.45, 2.75) is 44.0 Å². The molecule has 7 nitrogen and oxygen atoms in total. The molecule has 1 saturated heterocycles. The minimum Gasteiger partial charge on any atom is -0.495 e. The van der Waals surface area contributed by atoms with Gasteiger partial charge in [0.15, 0.2) is 0 Å². The van der Waals surface area contributed by atoms with Crippen molar-refractivity contribution in [3.8, 4) is 5.75 Å². The molecule has 2 rings (SSSR count). The van der Waals surface area contributed by atoms with Crippen LogP contribution in [0.5, 0.6) is 5.75 Å². The van der Waals surface area contributed by atoms with E-state index in [1.54, 1.807) is 19.9 Å². The molecular weight excluding hydrogens is 354 g/mol. The number of piperidine rings is 1. The maximum Gasteiger partial charge on any atom is 0.251 e. The van der Waals surface area contributed by atoms with E-state index in [0.717, 1.165) is 19.6 Å². The highest BCUT2D eigenvalue weighted by molar-refractivity contribution is 7.89. The molecule has 0 spiro atoms. The van der Waals surface area contributed by atoms with Crippen molar-refractivity contribution in [2.75, 3.05) is 33.3 Å². The molecule has 1 aliphatic heterocycles. The molecule has 1 aliphatic rings. The molecule has 0 aromatic heterocycles. The Balaban J connectivity index is 2.06. The average Bonchev–Trinajstić information content (AvgIpc) is 2.61. The number of likely N-dealkylation sites (tertiary alicyclic amines) is 1. The van der Waals surface area contributed by atoms with Crippen molar-refractivity contribution in [1.29, 1.82) is 0 Å². The SMILES string of the molecule is COc1ccc(C(=O)NCCN2CCCCC2)cc1S(=O)(=O)NC(C)C. The van der Waals surface area contributed by atoms with E-state index in [4.69, 9.17) is 4.74 Å². The number of methoxy groups -OCH3 is 1. The number of hydrogen-bond acceptors (Lipinski definition) is 5. The molecule has 2 N–H and O–H groups in total. The minimum absolute atomic E-state index is 0.0302. The highest BCUT2D eigenvalue weighted by Crippen LogP contribution is 2.25. The maximum absolute atomic E-state index is 12.5. The molecule has 0 aliphatic carbocycles. The summed E-state index contributed by atoms with van der Waals surface area (Å²) in [6, 6.07) is 4.18. The molecule has 0 unspecified atom stereocenters. The Morgan fingerprint density at radius 2 is 1.92 bits per heavy atom. The zero-order valence-electron chi connectivity index (χ0n) is 15.7. The normalized spacial score (nSPS) is 15.8. The first-order valence-corrected chi connectivity index (χ1v) is 10.5. The van der Waals surface area contributed by atoms with Crippen LogP contribution in [0.15, 0.2) is 23.1 Å². The lowest BCUT2D eigenvalue weighted by molar-refractivity contribution is 0.0946. The fourth-order valence-corrected chi connectivity index (χ4v) is 4.46. The van der Waals surface area contributed by atoms with E-state index >= 15 is 0 Å². The second-order valence-corrected chi connectivity index (χ2v) is 8.48. The number of hydrogen-bond donors (Lipinski definition) is 2. The number of rotatable bonds is 8. The van der Waals surface area contributed by atoms with Crippen LogP contribution in [-0.4, -0.2) is 58.6 Å². The van der Waals surface area contributed by atoms with E-state index in [2.05, 4.69) is 14.9 Å². The van der Waals surface area contributed by atoms with Gasteiger partial charge in [-0.3, -0.25) is 4.79 Å². The summed E-state index contributed by atoms with van der Waals surface area (Å²) >= 11 is 0. The molecule has 1 amide bonds. The number of amides is 1. The number of nitrogens with one attached hydrogen (secondary N) is 2. The summed E-state index contributed by atoms with van der Waals surface area (Å²) in [4.78, 5) is 14.7. The van der Waals surface area contributed by atoms with Gasteiger partial charge in [-0.2, -0.15) is 0 Å². The van der Waals surface area contributed by atoms with Gasteiger partial charge in [0.2, 0.25) is 10.0 Å². The summed E-state index contributed by atoms with van der Waals surface area (Å²) in [7, 11) is -2.35. The van der Waals surface area contributed by atoms with Crippen LogP contribution in [0.4, 0.5) is 0 Å². The van der Waals surface area contributed by atoms with Gasteiger partial charge < -0.3 is 15.0 Å². The van der Waals surface area contributed by atoms with E-state index in [9.17, 15) is 13.2 Å². The average molecular weight is 384 g/mol. The smallest absolute Gasteiger partial charge is 0.251 e. The second-order valence-electron chi connectivity index (χ2n) is 6.80. The van der Waals surface area contributed by atoms with Crippen LogP contribution in [0.3, 0.4) is 0 Å². The lowest BCUT2D eigenvalue weighted by Gasteiger charge is -2.26. The van der Waals surface area contributed by atoms with E-state index in [1.165, 1.54) is 38.5 Å². The Kier molecular flexibility index (Phi) is 7.43. The molecule has 146 valence electrons. The topological polar surface area (TPSA) is 87.7 Å². The van der Waals surface area contributed by atoms with Gasteiger partial charge in [0.05, 0.1) is 7.11 Å². The van der Waals surface area contributed by atoms with E-state index in [1.807, 2.05) is 0 Å². The van der Waals surface area contributed by atoms with Crippen molar-refractivity contribution in [1.82, 2.24) is 14.9 Å². The molecule has 0 radical (unpaired) electrons. The molecule has 0 bridgehead atoms. The predicted molar refractivity (Wildman–Crippen MR) is 101 cm³/mol. The zero-order valence-corrected chi connectivity index (χ0v) is 16.6. The van der Waals surface area contributed by atoms with Crippen molar-refractivity contribution < 1.29 is 17.9 Å². The number of benzene rings is 1. The Morgan fingerprint density at radius 1 is 1.23 bits per heavy atom. The Morgan fingerprint density at radius 3 is 2.54 bits per heavy atom. The van der Waals surface area contributed by atoms with Gasteiger partial charge in [0.25, 0.3) is 5.91 Å². The second kappa shape index (κ2) is 9.34. The third-order valence-corrected chi connectivity index (χ3v) is 5.95.